The number of fused-ring (bicyclic) bond motifs is 4. The lowest BCUT2D eigenvalue weighted by atomic mass is 9.72. The zero-order chi connectivity index (χ0) is 18.7. The van der Waals surface area contributed by atoms with Crippen molar-refractivity contribution in [2.45, 2.75) is 56.8 Å². The first-order valence-corrected chi connectivity index (χ1v) is 9.43. The molecule has 2 aromatic carbocycles. The van der Waals surface area contributed by atoms with Crippen LogP contribution in [0.25, 0.3) is 0 Å². The van der Waals surface area contributed by atoms with E-state index >= 15 is 0 Å². The summed E-state index contributed by atoms with van der Waals surface area (Å²) in [5.41, 5.74) is 4.51. The Morgan fingerprint density at radius 3 is 2.08 bits per heavy atom. The second-order valence-corrected chi connectivity index (χ2v) is 9.15. The Hall–Kier alpha value is -2.00. The van der Waals surface area contributed by atoms with Crippen molar-refractivity contribution in [1.29, 1.82) is 0 Å². The van der Waals surface area contributed by atoms with Gasteiger partial charge in [0.25, 0.3) is 0 Å². The number of aromatic hydroxyl groups is 1. The molecule has 138 valence electrons. The minimum atomic E-state index is -0.255. The van der Waals surface area contributed by atoms with Gasteiger partial charge in [0.05, 0.1) is 6.61 Å². The van der Waals surface area contributed by atoms with E-state index in [1.807, 2.05) is 24.3 Å². The predicted molar refractivity (Wildman–Crippen MR) is 103 cm³/mol. The molecule has 0 heterocycles. The molecule has 0 radical (unpaired) electrons. The van der Waals surface area contributed by atoms with Gasteiger partial charge in [-0.05, 0) is 46.9 Å². The molecule has 2 N–H and O–H groups in total. The summed E-state index contributed by atoms with van der Waals surface area (Å²) in [6.07, 6.45) is 1.89. The van der Waals surface area contributed by atoms with Gasteiger partial charge in [0.15, 0.2) is 0 Å². The van der Waals surface area contributed by atoms with E-state index in [0.717, 1.165) is 24.2 Å². The molecule has 0 aliphatic heterocycles. The molecule has 0 saturated carbocycles. The SMILES string of the molecule is CC1(C)CC2(CC(C)(C)c3cccc(OCCO)c32)c2c(O)cccc21. The van der Waals surface area contributed by atoms with Crippen molar-refractivity contribution in [3.05, 3.63) is 58.7 Å². The molecule has 4 rings (SSSR count). The summed E-state index contributed by atoms with van der Waals surface area (Å²) < 4.78 is 5.97. The summed E-state index contributed by atoms with van der Waals surface area (Å²) in [5, 5.41) is 20.1. The molecule has 2 aromatic rings. The number of phenols is 1. The second-order valence-electron chi connectivity index (χ2n) is 9.15. The van der Waals surface area contributed by atoms with Crippen LogP contribution in [0.1, 0.15) is 62.8 Å². The molecule has 3 nitrogen and oxygen atoms in total. The van der Waals surface area contributed by atoms with E-state index in [0.29, 0.717) is 5.75 Å². The standard InChI is InChI=1S/C23H28O3/c1-21(2)13-23(19-15(21)7-5-9-17(19)25)14-22(3,4)16-8-6-10-18(20(16)23)26-12-11-24/h5-10,24-25H,11-14H2,1-4H3. The van der Waals surface area contributed by atoms with Crippen molar-refractivity contribution in [2.75, 3.05) is 13.2 Å². The molecule has 2 aliphatic carbocycles. The summed E-state index contributed by atoms with van der Waals surface area (Å²) in [5.74, 6) is 1.22. The van der Waals surface area contributed by atoms with Crippen LogP contribution in [0.5, 0.6) is 11.5 Å². The number of ether oxygens (including phenoxy) is 1. The van der Waals surface area contributed by atoms with Crippen molar-refractivity contribution in [2.24, 2.45) is 0 Å². The van der Waals surface area contributed by atoms with Crippen molar-refractivity contribution in [3.63, 3.8) is 0 Å². The maximum absolute atomic E-state index is 10.9. The summed E-state index contributed by atoms with van der Waals surface area (Å²) >= 11 is 0. The average molecular weight is 352 g/mol. The quantitative estimate of drug-likeness (QED) is 0.860. The largest absolute Gasteiger partial charge is 0.508 e. The summed E-state index contributed by atoms with van der Waals surface area (Å²) in [7, 11) is 0. The minimum absolute atomic E-state index is 0.00606. The van der Waals surface area contributed by atoms with Crippen LogP contribution in [0.3, 0.4) is 0 Å². The molecule has 0 saturated heterocycles. The first-order valence-electron chi connectivity index (χ1n) is 9.43. The molecule has 1 atom stereocenters. The van der Waals surface area contributed by atoms with E-state index in [2.05, 4.69) is 39.8 Å². The lowest BCUT2D eigenvalue weighted by molar-refractivity contribution is 0.198. The molecule has 0 aromatic heterocycles. The van der Waals surface area contributed by atoms with E-state index < -0.39 is 0 Å². The van der Waals surface area contributed by atoms with Crippen LogP contribution in [0.4, 0.5) is 0 Å². The Labute approximate surface area is 155 Å². The number of aliphatic hydroxyl groups is 1. The second kappa shape index (κ2) is 5.50. The molecule has 3 heteroatoms. The third-order valence-corrected chi connectivity index (χ3v) is 6.32. The Balaban J connectivity index is 2.03. The molecular weight excluding hydrogens is 324 g/mol. The number of phenolic OH excluding ortho intramolecular Hbond substituents is 1. The minimum Gasteiger partial charge on any atom is -0.508 e. The predicted octanol–water partition coefficient (Wildman–Crippen LogP) is 4.41. The number of hydrogen-bond donors (Lipinski definition) is 2. The fourth-order valence-corrected chi connectivity index (χ4v) is 5.71. The average Bonchev–Trinajstić information content (AvgIpc) is 2.94. The molecule has 26 heavy (non-hydrogen) atoms. The van der Waals surface area contributed by atoms with Gasteiger partial charge in [-0.1, -0.05) is 52.0 Å². The number of aliphatic hydroxyl groups excluding tert-OH is 1. The number of hydrogen-bond acceptors (Lipinski definition) is 3. The summed E-state index contributed by atoms with van der Waals surface area (Å²) in [6.45, 7) is 9.37. The van der Waals surface area contributed by atoms with Crippen molar-refractivity contribution < 1.29 is 14.9 Å². The van der Waals surface area contributed by atoms with Gasteiger partial charge in [0, 0.05) is 16.5 Å². The van der Waals surface area contributed by atoms with Gasteiger partial charge < -0.3 is 14.9 Å². The molecule has 1 spiro atoms. The van der Waals surface area contributed by atoms with Gasteiger partial charge in [-0.15, -0.1) is 0 Å². The van der Waals surface area contributed by atoms with E-state index in [9.17, 15) is 10.2 Å². The van der Waals surface area contributed by atoms with Gasteiger partial charge in [-0.3, -0.25) is 0 Å². The fraction of sp³-hybridized carbons (Fsp3) is 0.478. The topological polar surface area (TPSA) is 49.7 Å². The van der Waals surface area contributed by atoms with Gasteiger partial charge in [0.1, 0.15) is 18.1 Å². The number of benzene rings is 2. The van der Waals surface area contributed by atoms with Crippen LogP contribution in [-0.2, 0) is 16.2 Å². The van der Waals surface area contributed by atoms with Crippen LogP contribution in [0.15, 0.2) is 36.4 Å². The highest BCUT2D eigenvalue weighted by Gasteiger charge is 2.58. The monoisotopic (exact) mass is 352 g/mol. The van der Waals surface area contributed by atoms with Crippen molar-refractivity contribution in [3.8, 4) is 11.5 Å². The first-order chi connectivity index (χ1) is 12.2. The molecular formula is C23H28O3. The lowest BCUT2D eigenvalue weighted by Gasteiger charge is -2.31. The molecule has 2 aliphatic rings. The normalized spacial score (nSPS) is 24.5. The molecule has 0 amide bonds. The summed E-state index contributed by atoms with van der Waals surface area (Å²) in [4.78, 5) is 0. The van der Waals surface area contributed by atoms with Crippen molar-refractivity contribution in [1.82, 2.24) is 0 Å². The third kappa shape index (κ3) is 2.23. The maximum Gasteiger partial charge on any atom is 0.123 e. The van der Waals surface area contributed by atoms with Gasteiger partial charge in [-0.2, -0.15) is 0 Å². The van der Waals surface area contributed by atoms with E-state index in [1.165, 1.54) is 16.7 Å². The zero-order valence-corrected chi connectivity index (χ0v) is 16.1. The van der Waals surface area contributed by atoms with Crippen LogP contribution in [0.2, 0.25) is 0 Å². The van der Waals surface area contributed by atoms with Crippen molar-refractivity contribution >= 4 is 0 Å². The highest BCUT2D eigenvalue weighted by atomic mass is 16.5. The van der Waals surface area contributed by atoms with Gasteiger partial charge >= 0.3 is 0 Å². The highest BCUT2D eigenvalue weighted by molar-refractivity contribution is 5.66. The molecule has 1 unspecified atom stereocenters. The smallest absolute Gasteiger partial charge is 0.123 e. The highest BCUT2D eigenvalue weighted by Crippen LogP contribution is 2.66. The van der Waals surface area contributed by atoms with E-state index in [1.54, 1.807) is 0 Å². The van der Waals surface area contributed by atoms with Gasteiger partial charge in [0.2, 0.25) is 0 Å². The summed E-state index contributed by atoms with van der Waals surface area (Å²) in [6, 6.07) is 12.2. The molecule has 0 bridgehead atoms. The van der Waals surface area contributed by atoms with Crippen LogP contribution < -0.4 is 4.74 Å². The Morgan fingerprint density at radius 2 is 1.46 bits per heavy atom. The maximum atomic E-state index is 10.9. The van der Waals surface area contributed by atoms with Crippen LogP contribution in [-0.4, -0.2) is 23.4 Å². The Kier molecular flexibility index (Phi) is 3.68. The third-order valence-electron chi connectivity index (χ3n) is 6.32. The van der Waals surface area contributed by atoms with Crippen LogP contribution >= 0.6 is 0 Å². The van der Waals surface area contributed by atoms with Crippen LogP contribution in [0, 0.1) is 0 Å². The number of rotatable bonds is 3. The van der Waals surface area contributed by atoms with E-state index in [-0.39, 0.29) is 29.5 Å². The van der Waals surface area contributed by atoms with E-state index in [4.69, 9.17) is 4.74 Å². The Morgan fingerprint density at radius 1 is 0.885 bits per heavy atom. The van der Waals surface area contributed by atoms with Gasteiger partial charge in [-0.25, -0.2) is 0 Å². The lowest BCUT2D eigenvalue weighted by Crippen LogP contribution is -2.27. The zero-order valence-electron chi connectivity index (χ0n) is 16.1. The molecule has 0 fully saturated rings. The fourth-order valence-electron chi connectivity index (χ4n) is 5.71. The Bertz CT molecular complexity index is 862. The first kappa shape index (κ1) is 17.4.